The van der Waals surface area contributed by atoms with Crippen molar-refractivity contribution in [1.29, 1.82) is 0 Å². The Kier molecular flexibility index (Phi) is 4.83. The molecule has 0 fully saturated rings. The number of carbonyl (C=O) groups is 1. The number of amides is 1. The number of anilines is 1. The Morgan fingerprint density at radius 1 is 1.29 bits per heavy atom. The molecule has 152 valence electrons. The van der Waals surface area contributed by atoms with Gasteiger partial charge in [0.05, 0.1) is 0 Å². The van der Waals surface area contributed by atoms with E-state index in [1.807, 2.05) is 0 Å². The second-order valence-corrected chi connectivity index (χ2v) is 7.57. The molecule has 0 saturated carbocycles. The quantitative estimate of drug-likeness (QED) is 0.722. The fourth-order valence-corrected chi connectivity index (χ4v) is 3.95. The number of hydrogen-bond donors (Lipinski definition) is 2. The van der Waals surface area contributed by atoms with Crippen molar-refractivity contribution in [2.24, 2.45) is 7.05 Å². The molecule has 28 heavy (non-hydrogen) atoms. The van der Waals surface area contributed by atoms with Gasteiger partial charge in [0, 0.05) is 25.0 Å². The van der Waals surface area contributed by atoms with Crippen LogP contribution in [0.2, 0.25) is 0 Å². The molecule has 0 aliphatic carbocycles. The van der Waals surface area contributed by atoms with E-state index in [-0.39, 0.29) is 5.69 Å². The van der Waals surface area contributed by atoms with Crippen molar-refractivity contribution in [3.63, 3.8) is 0 Å². The van der Waals surface area contributed by atoms with Crippen LogP contribution in [0.15, 0.2) is 29.3 Å². The number of benzene rings is 1. The van der Waals surface area contributed by atoms with E-state index in [2.05, 4.69) is 5.32 Å². The van der Waals surface area contributed by atoms with Gasteiger partial charge in [-0.05, 0) is 12.1 Å². The topological polar surface area (TPSA) is 89.4 Å². The van der Waals surface area contributed by atoms with E-state index in [9.17, 15) is 35.2 Å². The van der Waals surface area contributed by atoms with Crippen LogP contribution >= 0.6 is 0 Å². The zero-order valence-electron chi connectivity index (χ0n) is 14.0. The molecule has 2 heterocycles. The zero-order chi connectivity index (χ0) is 20.9. The van der Waals surface area contributed by atoms with Crippen LogP contribution in [-0.4, -0.2) is 37.7 Å². The highest BCUT2D eigenvalue weighted by Crippen LogP contribution is 2.35. The minimum atomic E-state index is -4.91. The number of nitrogens with one attached hydrogen (secondary N) is 2. The third-order valence-electron chi connectivity index (χ3n) is 3.87. The number of alkyl halides is 3. The number of halogens is 5. The smallest absolute Gasteiger partial charge is 0.408 e. The van der Waals surface area contributed by atoms with Crippen molar-refractivity contribution in [1.82, 2.24) is 9.29 Å². The third-order valence-corrected chi connectivity index (χ3v) is 5.34. The monoisotopic (exact) mass is 425 g/mol. The van der Waals surface area contributed by atoms with Crippen LogP contribution < -0.4 is 14.8 Å². The van der Waals surface area contributed by atoms with Gasteiger partial charge in [-0.25, -0.2) is 17.2 Å². The van der Waals surface area contributed by atoms with E-state index >= 15 is 0 Å². The summed E-state index contributed by atoms with van der Waals surface area (Å²) in [4.78, 5) is 11.8. The van der Waals surface area contributed by atoms with Crippen LogP contribution in [0.4, 0.5) is 27.6 Å². The maximum Gasteiger partial charge on any atom is 0.408 e. The molecule has 7 nitrogen and oxygen atoms in total. The summed E-state index contributed by atoms with van der Waals surface area (Å²) < 4.78 is 97.1. The molecule has 3 rings (SSSR count). The summed E-state index contributed by atoms with van der Waals surface area (Å²) in [6.07, 6.45) is -4.00. The molecule has 1 unspecified atom stereocenters. The van der Waals surface area contributed by atoms with Crippen molar-refractivity contribution in [3.05, 3.63) is 41.7 Å². The van der Waals surface area contributed by atoms with Crippen LogP contribution in [0.25, 0.3) is 0 Å². The van der Waals surface area contributed by atoms with Crippen molar-refractivity contribution >= 4 is 21.6 Å². The Morgan fingerprint density at radius 2 is 1.96 bits per heavy atom. The molecule has 2 N–H and O–H groups in total. The lowest BCUT2D eigenvalue weighted by atomic mass is 10.2. The van der Waals surface area contributed by atoms with E-state index in [1.54, 1.807) is 0 Å². The van der Waals surface area contributed by atoms with Crippen molar-refractivity contribution in [3.8, 4) is 5.75 Å². The van der Waals surface area contributed by atoms with Gasteiger partial charge in [0.1, 0.15) is 11.5 Å². The van der Waals surface area contributed by atoms with Gasteiger partial charge in [-0.15, -0.1) is 0 Å². The summed E-state index contributed by atoms with van der Waals surface area (Å²) in [5.41, 5.74) is -0.561. The Hall–Kier alpha value is -2.67. The van der Waals surface area contributed by atoms with Crippen molar-refractivity contribution < 1.29 is 39.9 Å². The number of aryl methyl sites for hydroxylation is 1. The number of ether oxygens (including phenoxy) is 1. The molecule has 1 atom stereocenters. The summed E-state index contributed by atoms with van der Waals surface area (Å²) in [5, 5.41) is 2.21. The van der Waals surface area contributed by atoms with E-state index in [0.29, 0.717) is 6.07 Å². The van der Waals surface area contributed by atoms with Gasteiger partial charge in [-0.3, -0.25) is 4.79 Å². The van der Waals surface area contributed by atoms with Gasteiger partial charge >= 0.3 is 6.18 Å². The SMILES string of the molecule is Cn1cc2c(c1C(=O)Nc1ccc(F)c(F)c1)OCC(C(F)(F)F)NS2(=O)=O. The highest BCUT2D eigenvalue weighted by molar-refractivity contribution is 7.89. The van der Waals surface area contributed by atoms with Crippen LogP contribution in [-0.2, 0) is 17.1 Å². The summed E-state index contributed by atoms with van der Waals surface area (Å²) in [6, 6.07) is -0.00279. The molecule has 0 radical (unpaired) electrons. The normalized spacial score (nSPS) is 18.7. The highest BCUT2D eigenvalue weighted by Gasteiger charge is 2.46. The van der Waals surface area contributed by atoms with Gasteiger partial charge < -0.3 is 14.6 Å². The largest absolute Gasteiger partial charge is 0.488 e. The summed E-state index contributed by atoms with van der Waals surface area (Å²) in [5.74, 6) is -3.96. The zero-order valence-corrected chi connectivity index (χ0v) is 14.8. The average molecular weight is 425 g/mol. The lowest BCUT2D eigenvalue weighted by Gasteiger charge is -2.18. The fraction of sp³-hybridized carbons (Fsp3) is 0.267. The molecule has 0 bridgehead atoms. The molecular weight excluding hydrogens is 413 g/mol. The predicted molar refractivity (Wildman–Crippen MR) is 85.4 cm³/mol. The number of hydrogen-bond acceptors (Lipinski definition) is 4. The van der Waals surface area contributed by atoms with Crippen LogP contribution in [0.5, 0.6) is 5.75 Å². The first-order chi connectivity index (χ1) is 12.9. The van der Waals surface area contributed by atoms with E-state index in [1.165, 1.54) is 11.8 Å². The standard InChI is InChI=1S/C15H12F5N3O4S/c1-23-5-10-13(27-6-11(15(18,19)20)22-28(10,25)26)12(23)14(24)21-7-2-3-8(16)9(17)4-7/h2-5,11,22H,6H2,1H3,(H,21,24). The maximum absolute atomic E-state index is 13.3. The minimum absolute atomic E-state index is 0.151. The van der Waals surface area contributed by atoms with E-state index in [4.69, 9.17) is 4.74 Å². The summed E-state index contributed by atoms with van der Waals surface area (Å²) in [6.45, 7) is -1.09. The first kappa shape index (κ1) is 20.1. The molecule has 2 aromatic rings. The third kappa shape index (κ3) is 3.67. The number of fused-ring (bicyclic) bond motifs is 1. The lowest BCUT2D eigenvalue weighted by molar-refractivity contribution is -0.156. The molecule has 1 aliphatic heterocycles. The van der Waals surface area contributed by atoms with Gasteiger partial charge in [0.15, 0.2) is 29.1 Å². The van der Waals surface area contributed by atoms with Crippen molar-refractivity contribution in [2.75, 3.05) is 11.9 Å². The van der Waals surface area contributed by atoms with E-state index in [0.717, 1.165) is 22.9 Å². The summed E-state index contributed by atoms with van der Waals surface area (Å²) in [7, 11) is -3.36. The Bertz CT molecular complexity index is 1050. The fourth-order valence-electron chi connectivity index (χ4n) is 2.55. The highest BCUT2D eigenvalue weighted by atomic mass is 32.2. The number of sulfonamides is 1. The summed E-state index contributed by atoms with van der Waals surface area (Å²) >= 11 is 0. The first-order valence-corrected chi connectivity index (χ1v) is 9.06. The second kappa shape index (κ2) is 6.74. The Labute approximate surface area is 155 Å². The molecule has 1 aromatic heterocycles. The molecule has 0 spiro atoms. The van der Waals surface area contributed by atoms with E-state index < -0.39 is 62.7 Å². The van der Waals surface area contributed by atoms with Crippen LogP contribution in [0, 0.1) is 11.6 Å². The predicted octanol–water partition coefficient (Wildman–Crippen LogP) is 2.16. The van der Waals surface area contributed by atoms with Gasteiger partial charge in [-0.1, -0.05) is 0 Å². The molecule has 1 amide bonds. The Morgan fingerprint density at radius 3 is 2.57 bits per heavy atom. The number of rotatable bonds is 2. The van der Waals surface area contributed by atoms with Crippen LogP contribution in [0.3, 0.4) is 0 Å². The number of nitrogens with zero attached hydrogens (tertiary/aromatic N) is 1. The first-order valence-electron chi connectivity index (χ1n) is 7.57. The molecule has 1 aliphatic rings. The lowest BCUT2D eigenvalue weighted by Crippen LogP contribution is -2.47. The van der Waals surface area contributed by atoms with Crippen LogP contribution in [0.1, 0.15) is 10.5 Å². The molecular formula is C15H12F5N3O4S. The average Bonchev–Trinajstić information content (AvgIpc) is 2.84. The molecule has 1 aromatic carbocycles. The Balaban J connectivity index is 1.98. The number of aromatic nitrogens is 1. The molecule has 0 saturated heterocycles. The minimum Gasteiger partial charge on any atom is -0.488 e. The van der Waals surface area contributed by atoms with Gasteiger partial charge in [0.25, 0.3) is 5.91 Å². The second-order valence-electron chi connectivity index (χ2n) is 5.89. The van der Waals surface area contributed by atoms with Gasteiger partial charge in [0.2, 0.25) is 10.0 Å². The maximum atomic E-state index is 13.3. The van der Waals surface area contributed by atoms with Crippen molar-refractivity contribution in [2.45, 2.75) is 17.1 Å². The van der Waals surface area contributed by atoms with Gasteiger partial charge in [-0.2, -0.15) is 17.9 Å². The molecule has 13 heteroatoms. The number of carbonyl (C=O) groups excluding carboxylic acids is 1.